The number of carbonyl (C=O) groups excluding carboxylic acids is 1. The number of amides is 1. The van der Waals surface area contributed by atoms with Gasteiger partial charge in [-0.05, 0) is 18.6 Å². The van der Waals surface area contributed by atoms with Crippen LogP contribution < -0.4 is 14.8 Å². The molecule has 1 aliphatic rings. The molecule has 5 heteroatoms. The van der Waals surface area contributed by atoms with Gasteiger partial charge in [0.15, 0.2) is 0 Å². The summed E-state index contributed by atoms with van der Waals surface area (Å²) in [4.78, 5) is 12.0. The van der Waals surface area contributed by atoms with E-state index in [1.165, 1.54) is 0 Å². The Morgan fingerprint density at radius 3 is 2.50 bits per heavy atom. The number of hydrogen-bond donors (Lipinski definition) is 1. The topological polar surface area (TPSA) is 56.8 Å². The number of carbonyl (C=O) groups is 1. The van der Waals surface area contributed by atoms with E-state index in [-0.39, 0.29) is 11.8 Å². The normalized spacial score (nSPS) is 18.4. The lowest BCUT2D eigenvalue weighted by molar-refractivity contribution is -0.119. The van der Waals surface area contributed by atoms with Gasteiger partial charge < -0.3 is 19.5 Å². The van der Waals surface area contributed by atoms with Crippen molar-refractivity contribution in [3.05, 3.63) is 18.2 Å². The van der Waals surface area contributed by atoms with E-state index < -0.39 is 0 Å². The van der Waals surface area contributed by atoms with Gasteiger partial charge in [0, 0.05) is 6.61 Å². The quantitative estimate of drug-likeness (QED) is 0.884. The van der Waals surface area contributed by atoms with Gasteiger partial charge in [-0.15, -0.1) is 0 Å². The molecule has 0 aromatic heterocycles. The smallest absolute Gasteiger partial charge is 0.230 e. The summed E-state index contributed by atoms with van der Waals surface area (Å²) >= 11 is 0. The van der Waals surface area contributed by atoms with Crippen LogP contribution in [0, 0.1) is 5.92 Å². The number of hydrogen-bond acceptors (Lipinski definition) is 4. The van der Waals surface area contributed by atoms with E-state index in [2.05, 4.69) is 5.32 Å². The van der Waals surface area contributed by atoms with Crippen LogP contribution in [0.15, 0.2) is 18.2 Å². The summed E-state index contributed by atoms with van der Waals surface area (Å²) in [6.45, 7) is 1.12. The van der Waals surface area contributed by atoms with Crippen LogP contribution in [0.3, 0.4) is 0 Å². The molecular formula is C13H17NO4. The molecule has 0 bridgehead atoms. The molecule has 1 aromatic rings. The van der Waals surface area contributed by atoms with Gasteiger partial charge >= 0.3 is 0 Å². The molecule has 1 aliphatic heterocycles. The Balaban J connectivity index is 2.18. The number of ether oxygens (including phenoxy) is 3. The third kappa shape index (κ3) is 2.56. The monoisotopic (exact) mass is 251 g/mol. The van der Waals surface area contributed by atoms with Crippen LogP contribution >= 0.6 is 0 Å². The van der Waals surface area contributed by atoms with E-state index in [1.54, 1.807) is 26.4 Å². The van der Waals surface area contributed by atoms with Gasteiger partial charge in [0.25, 0.3) is 0 Å². The van der Waals surface area contributed by atoms with Gasteiger partial charge in [-0.2, -0.15) is 0 Å². The molecule has 1 aromatic carbocycles. The van der Waals surface area contributed by atoms with Gasteiger partial charge in [0.1, 0.15) is 17.2 Å². The van der Waals surface area contributed by atoms with Gasteiger partial charge in [-0.3, -0.25) is 4.79 Å². The van der Waals surface area contributed by atoms with E-state index in [4.69, 9.17) is 14.2 Å². The Kier molecular flexibility index (Phi) is 4.04. The molecule has 0 saturated carbocycles. The van der Waals surface area contributed by atoms with E-state index >= 15 is 0 Å². The lowest BCUT2D eigenvalue weighted by Crippen LogP contribution is -2.23. The van der Waals surface area contributed by atoms with Crippen LogP contribution in [0.5, 0.6) is 11.5 Å². The van der Waals surface area contributed by atoms with Crippen molar-refractivity contribution in [1.82, 2.24) is 0 Å². The van der Waals surface area contributed by atoms with E-state index in [9.17, 15) is 4.79 Å². The molecule has 1 N–H and O–H groups in total. The minimum Gasteiger partial charge on any atom is -0.494 e. The first-order chi connectivity index (χ1) is 8.76. The maximum atomic E-state index is 12.0. The fourth-order valence-corrected chi connectivity index (χ4v) is 1.94. The highest BCUT2D eigenvalue weighted by molar-refractivity contribution is 5.95. The number of anilines is 1. The molecule has 18 heavy (non-hydrogen) atoms. The van der Waals surface area contributed by atoms with E-state index in [1.807, 2.05) is 6.07 Å². The minimum atomic E-state index is -0.0976. The summed E-state index contributed by atoms with van der Waals surface area (Å²) in [5.74, 6) is 1.01. The maximum Gasteiger partial charge on any atom is 0.230 e. The SMILES string of the molecule is COc1cccc(OC)c1NC(=O)C1CCOC1. The Morgan fingerprint density at radius 1 is 1.33 bits per heavy atom. The maximum absolute atomic E-state index is 12.0. The van der Waals surface area contributed by atoms with Gasteiger partial charge in [-0.1, -0.05) is 6.07 Å². The molecule has 0 radical (unpaired) electrons. The Labute approximate surface area is 106 Å². The lowest BCUT2D eigenvalue weighted by atomic mass is 10.1. The number of para-hydroxylation sites is 1. The Bertz CT molecular complexity index is 405. The second-order valence-corrected chi connectivity index (χ2v) is 4.09. The van der Waals surface area contributed by atoms with Crippen molar-refractivity contribution in [2.24, 2.45) is 5.92 Å². The fraction of sp³-hybridized carbons (Fsp3) is 0.462. The zero-order valence-electron chi connectivity index (χ0n) is 10.6. The summed E-state index contributed by atoms with van der Waals surface area (Å²) in [6.07, 6.45) is 0.753. The van der Waals surface area contributed by atoms with E-state index in [0.717, 1.165) is 6.42 Å². The van der Waals surface area contributed by atoms with Gasteiger partial charge in [0.05, 0.1) is 26.7 Å². The van der Waals surface area contributed by atoms with Gasteiger partial charge in [0.2, 0.25) is 5.91 Å². The highest BCUT2D eigenvalue weighted by atomic mass is 16.5. The number of methoxy groups -OCH3 is 2. The molecule has 0 aliphatic carbocycles. The standard InChI is InChI=1S/C13H17NO4/c1-16-10-4-3-5-11(17-2)12(10)14-13(15)9-6-7-18-8-9/h3-5,9H,6-8H2,1-2H3,(H,14,15). The second-order valence-electron chi connectivity index (χ2n) is 4.09. The van der Waals surface area contributed by atoms with Crippen molar-refractivity contribution in [1.29, 1.82) is 0 Å². The van der Waals surface area contributed by atoms with Crippen molar-refractivity contribution < 1.29 is 19.0 Å². The molecule has 2 rings (SSSR count). The molecule has 1 heterocycles. The van der Waals surface area contributed by atoms with Gasteiger partial charge in [-0.25, -0.2) is 0 Å². The fourth-order valence-electron chi connectivity index (χ4n) is 1.94. The third-order valence-electron chi connectivity index (χ3n) is 2.98. The van der Waals surface area contributed by atoms with Crippen molar-refractivity contribution in [2.75, 3.05) is 32.8 Å². The van der Waals surface area contributed by atoms with E-state index in [0.29, 0.717) is 30.4 Å². The Hall–Kier alpha value is -1.75. The number of rotatable bonds is 4. The van der Waals surface area contributed by atoms with Crippen molar-refractivity contribution in [3.63, 3.8) is 0 Å². The summed E-state index contributed by atoms with van der Waals surface area (Å²) in [5, 5.41) is 2.85. The molecule has 5 nitrogen and oxygen atoms in total. The van der Waals surface area contributed by atoms with Crippen molar-refractivity contribution >= 4 is 11.6 Å². The first-order valence-corrected chi connectivity index (χ1v) is 5.86. The molecule has 0 spiro atoms. The molecular weight excluding hydrogens is 234 g/mol. The first-order valence-electron chi connectivity index (χ1n) is 5.86. The predicted molar refractivity (Wildman–Crippen MR) is 67.1 cm³/mol. The zero-order chi connectivity index (χ0) is 13.0. The molecule has 1 atom stereocenters. The minimum absolute atomic E-state index is 0.0599. The van der Waals surface area contributed by atoms with Crippen LogP contribution in [0.1, 0.15) is 6.42 Å². The average molecular weight is 251 g/mol. The predicted octanol–water partition coefficient (Wildman–Crippen LogP) is 1.68. The van der Waals surface area contributed by atoms with Crippen LogP contribution in [-0.2, 0) is 9.53 Å². The van der Waals surface area contributed by atoms with Crippen LogP contribution in [0.4, 0.5) is 5.69 Å². The first kappa shape index (κ1) is 12.7. The van der Waals surface area contributed by atoms with Crippen molar-refractivity contribution in [2.45, 2.75) is 6.42 Å². The molecule has 98 valence electrons. The summed E-state index contributed by atoms with van der Waals surface area (Å²) < 4.78 is 15.7. The van der Waals surface area contributed by atoms with Crippen molar-refractivity contribution in [3.8, 4) is 11.5 Å². The third-order valence-corrected chi connectivity index (χ3v) is 2.98. The summed E-state index contributed by atoms with van der Waals surface area (Å²) in [7, 11) is 3.12. The van der Waals surface area contributed by atoms with Crippen LogP contribution in [0.25, 0.3) is 0 Å². The largest absolute Gasteiger partial charge is 0.494 e. The molecule has 1 fully saturated rings. The highest BCUT2D eigenvalue weighted by Gasteiger charge is 2.25. The van der Waals surface area contributed by atoms with Crippen LogP contribution in [0.2, 0.25) is 0 Å². The second kappa shape index (κ2) is 5.73. The summed E-state index contributed by atoms with van der Waals surface area (Å²) in [5.41, 5.74) is 0.569. The Morgan fingerprint density at radius 2 is 2.00 bits per heavy atom. The number of nitrogens with one attached hydrogen (secondary N) is 1. The molecule has 1 saturated heterocycles. The zero-order valence-corrected chi connectivity index (χ0v) is 10.6. The van der Waals surface area contributed by atoms with Crippen LogP contribution in [-0.4, -0.2) is 33.3 Å². The highest BCUT2D eigenvalue weighted by Crippen LogP contribution is 2.34. The molecule has 1 unspecified atom stereocenters. The lowest BCUT2D eigenvalue weighted by Gasteiger charge is -2.15. The number of benzene rings is 1. The molecule has 1 amide bonds. The average Bonchev–Trinajstić information content (AvgIpc) is 2.93. The summed E-state index contributed by atoms with van der Waals surface area (Å²) in [6, 6.07) is 5.37.